The second-order valence-corrected chi connectivity index (χ2v) is 3.31. The van der Waals surface area contributed by atoms with Crippen molar-refractivity contribution in [3.05, 3.63) is 0 Å². The fraction of sp³-hybridized carbons (Fsp3) is 0.667. The number of rotatable bonds is 6. The molecule has 0 aromatic heterocycles. The lowest BCUT2D eigenvalue weighted by Crippen LogP contribution is -2.53. The minimum absolute atomic E-state index is 0.376. The molecule has 0 aromatic carbocycles. The zero-order chi connectivity index (χ0) is 13.4. The molecular formula is C9H17N3O5. The lowest BCUT2D eigenvalue weighted by molar-refractivity contribution is -0.140. The van der Waals surface area contributed by atoms with E-state index in [1.165, 1.54) is 6.92 Å². The van der Waals surface area contributed by atoms with Crippen molar-refractivity contribution in [2.45, 2.75) is 25.9 Å². The molecular weight excluding hydrogens is 230 g/mol. The summed E-state index contributed by atoms with van der Waals surface area (Å²) in [5, 5.41) is 24.0. The van der Waals surface area contributed by atoms with E-state index in [1.807, 2.05) is 5.32 Å². The maximum atomic E-state index is 11.3. The van der Waals surface area contributed by atoms with E-state index in [-0.39, 0.29) is 5.91 Å². The highest BCUT2D eigenvalue weighted by Crippen LogP contribution is 1.85. The molecule has 0 bridgehead atoms. The van der Waals surface area contributed by atoms with Gasteiger partial charge in [-0.15, -0.1) is 0 Å². The maximum Gasteiger partial charge on any atom is 0.328 e. The summed E-state index contributed by atoms with van der Waals surface area (Å²) in [6, 6.07) is -3.01. The average molecular weight is 247 g/mol. The number of nitrogens with one attached hydrogen (secondary N) is 3. The van der Waals surface area contributed by atoms with Crippen LogP contribution in [0, 0.1) is 0 Å². The number of aliphatic hydroxyl groups excluding tert-OH is 1. The molecule has 5 N–H and O–H groups in total. The van der Waals surface area contributed by atoms with E-state index in [0.717, 1.165) is 0 Å². The minimum Gasteiger partial charge on any atom is -0.480 e. The van der Waals surface area contributed by atoms with E-state index in [0.29, 0.717) is 6.54 Å². The van der Waals surface area contributed by atoms with E-state index in [1.54, 1.807) is 6.92 Å². The number of likely N-dealkylation sites (N-methyl/N-ethyl adjacent to an activating group) is 1. The number of carbonyl (C=O) groups is 3. The van der Waals surface area contributed by atoms with Crippen molar-refractivity contribution in [2.24, 2.45) is 0 Å². The SMILES string of the molecule is CCNC(=O)C(C)NC(=O)N[C@H](CO)C(=O)O. The highest BCUT2D eigenvalue weighted by atomic mass is 16.4. The van der Waals surface area contributed by atoms with Gasteiger partial charge in [0.2, 0.25) is 5.91 Å². The molecule has 0 radical (unpaired) electrons. The van der Waals surface area contributed by atoms with Crippen LogP contribution in [-0.4, -0.2) is 53.4 Å². The molecule has 0 spiro atoms. The van der Waals surface area contributed by atoms with Crippen LogP contribution < -0.4 is 16.0 Å². The molecule has 0 rings (SSSR count). The first-order chi connectivity index (χ1) is 7.92. The molecule has 0 aliphatic carbocycles. The van der Waals surface area contributed by atoms with Gasteiger partial charge in [-0.25, -0.2) is 9.59 Å². The van der Waals surface area contributed by atoms with Crippen molar-refractivity contribution < 1.29 is 24.6 Å². The number of carbonyl (C=O) groups excluding carboxylic acids is 2. The van der Waals surface area contributed by atoms with Gasteiger partial charge in [-0.2, -0.15) is 0 Å². The zero-order valence-corrected chi connectivity index (χ0v) is 9.69. The second kappa shape index (κ2) is 7.44. The topological polar surface area (TPSA) is 128 Å². The third kappa shape index (κ3) is 5.71. The average Bonchev–Trinajstić information content (AvgIpc) is 2.25. The van der Waals surface area contributed by atoms with Gasteiger partial charge in [-0.3, -0.25) is 4.79 Å². The van der Waals surface area contributed by atoms with Crippen LogP contribution in [0.1, 0.15) is 13.8 Å². The normalized spacial score (nSPS) is 13.4. The van der Waals surface area contributed by atoms with E-state index in [2.05, 4.69) is 10.6 Å². The molecule has 0 saturated heterocycles. The Kier molecular flexibility index (Phi) is 6.64. The molecule has 0 saturated carbocycles. The smallest absolute Gasteiger partial charge is 0.328 e. The Balaban J connectivity index is 4.17. The fourth-order valence-corrected chi connectivity index (χ4v) is 0.975. The third-order valence-electron chi connectivity index (χ3n) is 1.88. The first kappa shape index (κ1) is 15.2. The highest BCUT2D eigenvalue weighted by Gasteiger charge is 2.21. The quantitative estimate of drug-likeness (QED) is 0.380. The van der Waals surface area contributed by atoms with Crippen molar-refractivity contribution in [1.82, 2.24) is 16.0 Å². The number of hydrogen-bond donors (Lipinski definition) is 5. The largest absolute Gasteiger partial charge is 0.480 e. The molecule has 3 amide bonds. The molecule has 8 nitrogen and oxygen atoms in total. The summed E-state index contributed by atoms with van der Waals surface area (Å²) in [4.78, 5) is 33.0. The van der Waals surface area contributed by atoms with Gasteiger partial charge in [-0.05, 0) is 13.8 Å². The van der Waals surface area contributed by atoms with Crippen LogP contribution in [0.2, 0.25) is 0 Å². The standard InChI is InChI=1S/C9H17N3O5/c1-3-10-7(14)5(2)11-9(17)12-6(4-13)8(15)16/h5-6,13H,3-4H2,1-2H3,(H,10,14)(H,15,16)(H2,11,12,17)/t5?,6-/m1/s1. The summed E-state index contributed by atoms with van der Waals surface area (Å²) in [5.41, 5.74) is 0. The number of amides is 3. The minimum atomic E-state index is -1.39. The Hall–Kier alpha value is -1.83. The summed E-state index contributed by atoms with van der Waals surface area (Å²) < 4.78 is 0. The van der Waals surface area contributed by atoms with Crippen LogP contribution in [0.4, 0.5) is 4.79 Å². The molecule has 0 aliphatic heterocycles. The summed E-state index contributed by atoms with van der Waals surface area (Å²) in [5.74, 6) is -1.73. The molecule has 0 aliphatic rings. The number of carboxylic acid groups (broad SMARTS) is 1. The van der Waals surface area contributed by atoms with Crippen molar-refractivity contribution >= 4 is 17.9 Å². The number of aliphatic hydroxyl groups is 1. The fourth-order valence-electron chi connectivity index (χ4n) is 0.975. The van der Waals surface area contributed by atoms with Crippen LogP contribution in [0.5, 0.6) is 0 Å². The second-order valence-electron chi connectivity index (χ2n) is 3.31. The van der Waals surface area contributed by atoms with Gasteiger partial charge in [0.05, 0.1) is 6.61 Å². The number of urea groups is 1. The summed E-state index contributed by atoms with van der Waals surface area (Å²) in [6.45, 7) is 2.90. The van der Waals surface area contributed by atoms with Gasteiger partial charge in [-0.1, -0.05) is 0 Å². The Morgan fingerprint density at radius 1 is 1.24 bits per heavy atom. The van der Waals surface area contributed by atoms with E-state index < -0.39 is 30.7 Å². The summed E-state index contributed by atoms with van der Waals surface area (Å²) >= 11 is 0. The molecule has 17 heavy (non-hydrogen) atoms. The Morgan fingerprint density at radius 2 is 1.82 bits per heavy atom. The molecule has 1 unspecified atom stereocenters. The Morgan fingerprint density at radius 3 is 2.24 bits per heavy atom. The number of carboxylic acids is 1. The molecule has 8 heteroatoms. The molecule has 0 heterocycles. The van der Waals surface area contributed by atoms with Crippen LogP contribution in [-0.2, 0) is 9.59 Å². The number of aliphatic carboxylic acids is 1. The predicted molar refractivity (Wildman–Crippen MR) is 58.3 cm³/mol. The first-order valence-electron chi connectivity index (χ1n) is 5.10. The zero-order valence-electron chi connectivity index (χ0n) is 9.69. The van der Waals surface area contributed by atoms with Gasteiger partial charge in [0, 0.05) is 6.54 Å². The Labute approximate surface area is 98.4 Å². The Bertz CT molecular complexity index is 294. The third-order valence-corrected chi connectivity index (χ3v) is 1.88. The molecule has 2 atom stereocenters. The lowest BCUT2D eigenvalue weighted by Gasteiger charge is -2.16. The van der Waals surface area contributed by atoms with E-state index in [4.69, 9.17) is 10.2 Å². The van der Waals surface area contributed by atoms with Crippen LogP contribution in [0.15, 0.2) is 0 Å². The van der Waals surface area contributed by atoms with E-state index >= 15 is 0 Å². The molecule has 0 aromatic rings. The van der Waals surface area contributed by atoms with Gasteiger partial charge < -0.3 is 26.2 Å². The maximum absolute atomic E-state index is 11.3. The van der Waals surface area contributed by atoms with Crippen molar-refractivity contribution in [2.75, 3.05) is 13.2 Å². The van der Waals surface area contributed by atoms with Gasteiger partial charge in [0.1, 0.15) is 6.04 Å². The molecule has 0 fully saturated rings. The van der Waals surface area contributed by atoms with Crippen molar-refractivity contribution in [3.8, 4) is 0 Å². The van der Waals surface area contributed by atoms with Crippen LogP contribution in [0.25, 0.3) is 0 Å². The van der Waals surface area contributed by atoms with Crippen LogP contribution >= 0.6 is 0 Å². The first-order valence-corrected chi connectivity index (χ1v) is 5.10. The van der Waals surface area contributed by atoms with Crippen LogP contribution in [0.3, 0.4) is 0 Å². The van der Waals surface area contributed by atoms with Crippen molar-refractivity contribution in [1.29, 1.82) is 0 Å². The molecule has 98 valence electrons. The number of hydrogen-bond acceptors (Lipinski definition) is 4. The highest BCUT2D eigenvalue weighted by molar-refractivity contribution is 5.88. The van der Waals surface area contributed by atoms with Gasteiger partial charge >= 0.3 is 12.0 Å². The summed E-state index contributed by atoms with van der Waals surface area (Å²) in [7, 11) is 0. The monoisotopic (exact) mass is 247 g/mol. The predicted octanol–water partition coefficient (Wildman–Crippen LogP) is -1.74. The lowest BCUT2D eigenvalue weighted by atomic mass is 10.3. The summed E-state index contributed by atoms with van der Waals surface area (Å²) in [6.07, 6.45) is 0. The van der Waals surface area contributed by atoms with Gasteiger partial charge in [0.15, 0.2) is 6.04 Å². The van der Waals surface area contributed by atoms with Gasteiger partial charge in [0.25, 0.3) is 0 Å². The van der Waals surface area contributed by atoms with Crippen molar-refractivity contribution in [3.63, 3.8) is 0 Å². The van der Waals surface area contributed by atoms with E-state index in [9.17, 15) is 14.4 Å².